The molecule has 1 unspecified atom stereocenters. The summed E-state index contributed by atoms with van der Waals surface area (Å²) in [4.78, 5) is 2.27. The molecule has 1 aliphatic rings. The summed E-state index contributed by atoms with van der Waals surface area (Å²) in [6, 6.07) is 8.48. The maximum Gasteiger partial charge on any atom is 0.119 e. The molecule has 1 aliphatic carbocycles. The summed E-state index contributed by atoms with van der Waals surface area (Å²) in [5.74, 6) is 0.880. The average Bonchev–Trinajstić information content (AvgIpc) is 2.34. The summed E-state index contributed by atoms with van der Waals surface area (Å²) >= 11 is 0. The molecule has 1 N–H and O–H groups in total. The molecule has 106 valence electrons. The minimum atomic E-state index is -0.411. The standard InChI is InChI=1S/C16H25NO2/c1-3-11-19-15-9-7-13(8-10-15)16(18)12-17(2)14-5-4-6-14/h7-10,14,16,18H,3-6,11-12H2,1-2H3. The van der Waals surface area contributed by atoms with Gasteiger partial charge in [0, 0.05) is 12.6 Å². The first kappa shape index (κ1) is 14.4. The Labute approximate surface area is 116 Å². The third-order valence-corrected chi connectivity index (χ3v) is 3.90. The summed E-state index contributed by atoms with van der Waals surface area (Å²) in [5.41, 5.74) is 0.968. The molecule has 1 aromatic carbocycles. The van der Waals surface area contributed by atoms with Gasteiger partial charge in [-0.3, -0.25) is 0 Å². The number of nitrogens with zero attached hydrogens (tertiary/aromatic N) is 1. The SMILES string of the molecule is CCCOc1ccc(C(O)CN(C)C2CCC2)cc1. The monoisotopic (exact) mass is 263 g/mol. The highest BCUT2D eigenvalue weighted by atomic mass is 16.5. The van der Waals surface area contributed by atoms with Crippen molar-refractivity contribution in [3.05, 3.63) is 29.8 Å². The van der Waals surface area contributed by atoms with E-state index in [1.807, 2.05) is 24.3 Å². The zero-order chi connectivity index (χ0) is 13.7. The third kappa shape index (κ3) is 3.95. The third-order valence-electron chi connectivity index (χ3n) is 3.90. The fourth-order valence-corrected chi connectivity index (χ4v) is 2.36. The van der Waals surface area contributed by atoms with Gasteiger partial charge in [-0.2, -0.15) is 0 Å². The fraction of sp³-hybridized carbons (Fsp3) is 0.625. The van der Waals surface area contributed by atoms with Crippen LogP contribution in [0.25, 0.3) is 0 Å². The molecule has 1 saturated carbocycles. The molecule has 19 heavy (non-hydrogen) atoms. The van der Waals surface area contributed by atoms with Crippen molar-refractivity contribution in [2.24, 2.45) is 0 Å². The number of benzene rings is 1. The quantitative estimate of drug-likeness (QED) is 0.821. The van der Waals surface area contributed by atoms with E-state index in [1.165, 1.54) is 19.3 Å². The van der Waals surface area contributed by atoms with Crippen molar-refractivity contribution in [1.29, 1.82) is 0 Å². The normalized spacial score (nSPS) is 17.3. The van der Waals surface area contributed by atoms with E-state index in [2.05, 4.69) is 18.9 Å². The second kappa shape index (κ2) is 6.92. The smallest absolute Gasteiger partial charge is 0.119 e. The minimum absolute atomic E-state index is 0.411. The summed E-state index contributed by atoms with van der Waals surface area (Å²) in [6.45, 7) is 3.54. The van der Waals surface area contributed by atoms with Crippen molar-refractivity contribution in [3.63, 3.8) is 0 Å². The van der Waals surface area contributed by atoms with Crippen LogP contribution >= 0.6 is 0 Å². The molecule has 0 amide bonds. The van der Waals surface area contributed by atoms with Gasteiger partial charge in [0.2, 0.25) is 0 Å². The molecule has 0 spiro atoms. The topological polar surface area (TPSA) is 32.7 Å². The molecule has 0 aromatic heterocycles. The molecule has 0 radical (unpaired) electrons. The van der Waals surface area contributed by atoms with Gasteiger partial charge in [-0.25, -0.2) is 0 Å². The number of rotatable bonds is 7. The van der Waals surface area contributed by atoms with Crippen LogP contribution in [0.5, 0.6) is 5.75 Å². The highest BCUT2D eigenvalue weighted by Crippen LogP contribution is 2.26. The Balaban J connectivity index is 1.85. The summed E-state index contributed by atoms with van der Waals surface area (Å²) in [7, 11) is 2.10. The molecule has 2 rings (SSSR count). The van der Waals surface area contributed by atoms with E-state index >= 15 is 0 Å². The summed E-state index contributed by atoms with van der Waals surface area (Å²) < 4.78 is 5.54. The highest BCUT2D eigenvalue weighted by Gasteiger charge is 2.23. The van der Waals surface area contributed by atoms with Gasteiger partial charge in [0.1, 0.15) is 5.75 Å². The first-order valence-electron chi connectivity index (χ1n) is 7.31. The Morgan fingerprint density at radius 3 is 2.53 bits per heavy atom. The van der Waals surface area contributed by atoms with Crippen molar-refractivity contribution < 1.29 is 9.84 Å². The van der Waals surface area contributed by atoms with Gasteiger partial charge in [0.25, 0.3) is 0 Å². The lowest BCUT2D eigenvalue weighted by Crippen LogP contribution is -2.39. The van der Waals surface area contributed by atoms with Crippen molar-refractivity contribution in [2.75, 3.05) is 20.2 Å². The molecule has 1 fully saturated rings. The van der Waals surface area contributed by atoms with Gasteiger partial charge in [0.15, 0.2) is 0 Å². The molecule has 0 saturated heterocycles. The zero-order valence-corrected chi connectivity index (χ0v) is 12.0. The van der Waals surface area contributed by atoms with Crippen molar-refractivity contribution >= 4 is 0 Å². The van der Waals surface area contributed by atoms with Crippen LogP contribution in [0.1, 0.15) is 44.3 Å². The lowest BCUT2D eigenvalue weighted by Gasteiger charge is -2.35. The van der Waals surface area contributed by atoms with Crippen LogP contribution < -0.4 is 4.74 Å². The van der Waals surface area contributed by atoms with Gasteiger partial charge in [-0.05, 0) is 44.0 Å². The average molecular weight is 263 g/mol. The first-order chi connectivity index (χ1) is 9.20. The van der Waals surface area contributed by atoms with Crippen LogP contribution in [0.4, 0.5) is 0 Å². The van der Waals surface area contributed by atoms with Gasteiger partial charge in [0.05, 0.1) is 12.7 Å². The molecule has 0 bridgehead atoms. The number of hydrogen-bond acceptors (Lipinski definition) is 3. The van der Waals surface area contributed by atoms with Gasteiger partial charge >= 0.3 is 0 Å². The second-order valence-electron chi connectivity index (χ2n) is 5.46. The predicted molar refractivity (Wildman–Crippen MR) is 77.5 cm³/mol. The van der Waals surface area contributed by atoms with Crippen LogP contribution in [0, 0.1) is 0 Å². The Morgan fingerprint density at radius 1 is 1.32 bits per heavy atom. The van der Waals surface area contributed by atoms with Gasteiger partial charge < -0.3 is 14.7 Å². The minimum Gasteiger partial charge on any atom is -0.494 e. The molecule has 1 atom stereocenters. The lowest BCUT2D eigenvalue weighted by atomic mass is 9.91. The molecule has 0 aliphatic heterocycles. The second-order valence-corrected chi connectivity index (χ2v) is 5.46. The van der Waals surface area contributed by atoms with Crippen LogP contribution in [-0.2, 0) is 0 Å². The Hall–Kier alpha value is -1.06. The Kier molecular flexibility index (Phi) is 5.23. The van der Waals surface area contributed by atoms with Crippen LogP contribution in [0.15, 0.2) is 24.3 Å². The Bertz CT molecular complexity index is 373. The van der Waals surface area contributed by atoms with E-state index in [1.54, 1.807) is 0 Å². The molecular weight excluding hydrogens is 238 g/mol. The lowest BCUT2D eigenvalue weighted by molar-refractivity contribution is 0.0776. The Morgan fingerprint density at radius 2 is 2.00 bits per heavy atom. The number of aliphatic hydroxyl groups excluding tert-OH is 1. The summed E-state index contributed by atoms with van der Waals surface area (Å²) in [6.07, 6.45) is 4.47. The maximum absolute atomic E-state index is 10.2. The molecule has 3 nitrogen and oxygen atoms in total. The number of ether oxygens (including phenoxy) is 1. The van der Waals surface area contributed by atoms with E-state index in [0.717, 1.165) is 24.3 Å². The number of aliphatic hydroxyl groups is 1. The van der Waals surface area contributed by atoms with E-state index in [-0.39, 0.29) is 0 Å². The molecule has 0 heterocycles. The van der Waals surface area contributed by atoms with Crippen LogP contribution in [0.3, 0.4) is 0 Å². The zero-order valence-electron chi connectivity index (χ0n) is 12.0. The molecule has 1 aromatic rings. The molecular formula is C16H25NO2. The predicted octanol–water partition coefficient (Wildman–Crippen LogP) is 2.99. The van der Waals surface area contributed by atoms with Gasteiger partial charge in [-0.15, -0.1) is 0 Å². The number of hydrogen-bond donors (Lipinski definition) is 1. The van der Waals surface area contributed by atoms with E-state index in [9.17, 15) is 5.11 Å². The van der Waals surface area contributed by atoms with Crippen LogP contribution in [0.2, 0.25) is 0 Å². The largest absolute Gasteiger partial charge is 0.494 e. The fourth-order valence-electron chi connectivity index (χ4n) is 2.36. The first-order valence-corrected chi connectivity index (χ1v) is 7.31. The van der Waals surface area contributed by atoms with Crippen molar-refractivity contribution in [3.8, 4) is 5.75 Å². The van der Waals surface area contributed by atoms with E-state index in [4.69, 9.17) is 4.74 Å². The highest BCUT2D eigenvalue weighted by molar-refractivity contribution is 5.28. The van der Waals surface area contributed by atoms with Crippen molar-refractivity contribution in [1.82, 2.24) is 4.90 Å². The van der Waals surface area contributed by atoms with Crippen LogP contribution in [-0.4, -0.2) is 36.2 Å². The van der Waals surface area contributed by atoms with Gasteiger partial charge in [-0.1, -0.05) is 25.5 Å². The van der Waals surface area contributed by atoms with E-state index < -0.39 is 6.10 Å². The van der Waals surface area contributed by atoms with Crippen molar-refractivity contribution in [2.45, 2.75) is 44.8 Å². The number of likely N-dealkylation sites (N-methyl/N-ethyl adjacent to an activating group) is 1. The van der Waals surface area contributed by atoms with E-state index in [0.29, 0.717) is 12.6 Å². The maximum atomic E-state index is 10.2. The molecule has 3 heteroatoms. The summed E-state index contributed by atoms with van der Waals surface area (Å²) in [5, 5.41) is 10.2.